The fraction of sp³-hybridized carbons (Fsp3) is 0.111. The first kappa shape index (κ1) is 36.0. The van der Waals surface area contributed by atoms with Crippen molar-refractivity contribution in [1.82, 2.24) is 0 Å². The molecule has 0 aromatic heterocycles. The first-order valence-electron chi connectivity index (χ1n) is 17.0. The molecule has 0 saturated carbocycles. The number of Topliss-reactive ketones (excluding diaryl/α,β-unsaturated/α-hetero) is 1. The summed E-state index contributed by atoms with van der Waals surface area (Å²) in [7, 11) is 1.62. The monoisotopic (exact) mass is 704 g/mol. The Kier molecular flexibility index (Phi) is 11.2. The molecule has 6 aromatic carbocycles. The SMILES string of the molecule is COc1ccc(C(C)c2ccccc2OC(=O)c2ccc(C(=O)Oc3ccccc3Cc3ccccc3OC(=O)c3ccc(C(C)=O)cc3)cc2)cc1. The molecule has 0 fully saturated rings. The number of carbonyl (C=O) groups is 4. The number of esters is 3. The van der Waals surface area contributed by atoms with Gasteiger partial charge in [-0.25, -0.2) is 14.4 Å². The van der Waals surface area contributed by atoms with Crippen molar-refractivity contribution in [2.24, 2.45) is 0 Å². The Labute approximate surface area is 307 Å². The molecule has 0 aliphatic heterocycles. The molecule has 6 aromatic rings. The van der Waals surface area contributed by atoms with Crippen LogP contribution in [0.2, 0.25) is 0 Å². The fourth-order valence-electron chi connectivity index (χ4n) is 5.77. The van der Waals surface area contributed by atoms with E-state index in [9.17, 15) is 19.2 Å². The zero-order chi connectivity index (χ0) is 37.3. The largest absolute Gasteiger partial charge is 0.497 e. The molecule has 0 radical (unpaired) electrons. The van der Waals surface area contributed by atoms with Gasteiger partial charge in [-0.3, -0.25) is 4.79 Å². The van der Waals surface area contributed by atoms with E-state index < -0.39 is 17.9 Å². The summed E-state index contributed by atoms with van der Waals surface area (Å²) < 4.78 is 22.7. The van der Waals surface area contributed by atoms with Crippen molar-refractivity contribution in [2.45, 2.75) is 26.2 Å². The summed E-state index contributed by atoms with van der Waals surface area (Å²) in [5.74, 6) is 0.0230. The molecule has 0 N–H and O–H groups in total. The maximum atomic E-state index is 13.3. The minimum atomic E-state index is -0.607. The van der Waals surface area contributed by atoms with E-state index in [1.807, 2.05) is 73.7 Å². The van der Waals surface area contributed by atoms with Crippen LogP contribution in [-0.4, -0.2) is 30.8 Å². The Morgan fingerprint density at radius 3 is 1.34 bits per heavy atom. The lowest BCUT2D eigenvalue weighted by Crippen LogP contribution is -2.13. The van der Waals surface area contributed by atoms with E-state index >= 15 is 0 Å². The average molecular weight is 705 g/mol. The molecule has 53 heavy (non-hydrogen) atoms. The van der Waals surface area contributed by atoms with Crippen molar-refractivity contribution in [1.29, 1.82) is 0 Å². The van der Waals surface area contributed by atoms with Gasteiger partial charge in [-0.15, -0.1) is 0 Å². The lowest BCUT2D eigenvalue weighted by atomic mass is 9.92. The summed E-state index contributed by atoms with van der Waals surface area (Å²) in [4.78, 5) is 51.0. The number of carbonyl (C=O) groups excluding carboxylic acids is 4. The molecule has 0 amide bonds. The van der Waals surface area contributed by atoms with Gasteiger partial charge in [-0.2, -0.15) is 0 Å². The highest BCUT2D eigenvalue weighted by atomic mass is 16.5. The van der Waals surface area contributed by atoms with Crippen LogP contribution >= 0.6 is 0 Å². The van der Waals surface area contributed by atoms with Crippen LogP contribution in [0.1, 0.15) is 83.5 Å². The maximum absolute atomic E-state index is 13.3. The van der Waals surface area contributed by atoms with Crippen LogP contribution in [0.25, 0.3) is 0 Å². The van der Waals surface area contributed by atoms with E-state index in [0.717, 1.165) is 16.9 Å². The number of ketones is 1. The summed E-state index contributed by atoms with van der Waals surface area (Å²) in [5, 5.41) is 0. The summed E-state index contributed by atoms with van der Waals surface area (Å²) in [5.41, 5.74) is 4.61. The molecule has 8 heteroatoms. The second-order valence-electron chi connectivity index (χ2n) is 12.3. The topological polar surface area (TPSA) is 105 Å². The lowest BCUT2D eigenvalue weighted by Gasteiger charge is -2.17. The predicted molar refractivity (Wildman–Crippen MR) is 200 cm³/mol. The normalized spacial score (nSPS) is 11.2. The van der Waals surface area contributed by atoms with Crippen molar-refractivity contribution >= 4 is 23.7 Å². The Balaban J connectivity index is 1.11. The first-order valence-corrected chi connectivity index (χ1v) is 17.0. The van der Waals surface area contributed by atoms with E-state index in [-0.39, 0.29) is 22.8 Å². The molecule has 0 bridgehead atoms. The number of ether oxygens (including phenoxy) is 4. The Morgan fingerprint density at radius 2 is 0.887 bits per heavy atom. The third kappa shape index (κ3) is 8.75. The molecule has 0 spiro atoms. The van der Waals surface area contributed by atoms with Gasteiger partial charge in [0.05, 0.1) is 23.8 Å². The van der Waals surface area contributed by atoms with E-state index in [1.165, 1.54) is 31.2 Å². The molecule has 0 aliphatic rings. The number of hydrogen-bond donors (Lipinski definition) is 0. The molecule has 0 saturated heterocycles. The van der Waals surface area contributed by atoms with E-state index in [1.54, 1.807) is 61.7 Å². The zero-order valence-corrected chi connectivity index (χ0v) is 29.4. The van der Waals surface area contributed by atoms with Gasteiger partial charge in [-0.05, 0) is 90.3 Å². The Hall–Kier alpha value is -6.80. The second kappa shape index (κ2) is 16.5. The predicted octanol–water partition coefficient (Wildman–Crippen LogP) is 9.30. The minimum Gasteiger partial charge on any atom is -0.497 e. The molecule has 8 nitrogen and oxygen atoms in total. The number of para-hydroxylation sites is 3. The molecule has 0 aliphatic carbocycles. The second-order valence-corrected chi connectivity index (χ2v) is 12.3. The van der Waals surface area contributed by atoms with Gasteiger partial charge in [0.2, 0.25) is 0 Å². The number of rotatable bonds is 12. The van der Waals surface area contributed by atoms with E-state index in [0.29, 0.717) is 45.9 Å². The van der Waals surface area contributed by atoms with Gasteiger partial charge in [0.15, 0.2) is 5.78 Å². The van der Waals surface area contributed by atoms with Gasteiger partial charge in [-0.1, -0.05) is 85.8 Å². The van der Waals surface area contributed by atoms with E-state index in [2.05, 4.69) is 0 Å². The van der Waals surface area contributed by atoms with Crippen molar-refractivity contribution < 1.29 is 38.1 Å². The van der Waals surface area contributed by atoms with Crippen LogP contribution in [0.4, 0.5) is 0 Å². The van der Waals surface area contributed by atoms with Crippen molar-refractivity contribution in [3.63, 3.8) is 0 Å². The summed E-state index contributed by atoms with van der Waals surface area (Å²) in [6.07, 6.45) is 0.305. The van der Waals surface area contributed by atoms with Crippen molar-refractivity contribution in [3.05, 3.63) is 190 Å². The molecule has 264 valence electrons. The lowest BCUT2D eigenvalue weighted by molar-refractivity contribution is 0.0718. The van der Waals surface area contributed by atoms with Crippen LogP contribution in [0.15, 0.2) is 146 Å². The highest BCUT2D eigenvalue weighted by Gasteiger charge is 2.19. The standard InChI is InChI=1S/C45H36O8/c1-29(31-24-26-38(50-3)27-25-31)39-12-6-9-15-42(39)53-45(49)35-22-20-34(21-23-35)44(48)52-41-14-8-5-11-37(41)28-36-10-4-7-13-40(36)51-43(47)33-18-16-32(17-19-33)30(2)46/h4-27,29H,28H2,1-3H3. The first-order chi connectivity index (χ1) is 25.7. The number of methoxy groups -OCH3 is 1. The van der Waals surface area contributed by atoms with Crippen molar-refractivity contribution in [2.75, 3.05) is 7.11 Å². The van der Waals surface area contributed by atoms with Gasteiger partial charge < -0.3 is 18.9 Å². The third-order valence-corrected chi connectivity index (χ3v) is 8.82. The zero-order valence-electron chi connectivity index (χ0n) is 29.4. The number of hydrogen-bond acceptors (Lipinski definition) is 8. The van der Waals surface area contributed by atoms with Crippen LogP contribution in [-0.2, 0) is 6.42 Å². The highest BCUT2D eigenvalue weighted by molar-refractivity contribution is 5.97. The quantitative estimate of drug-likeness (QED) is 0.0705. The van der Waals surface area contributed by atoms with Crippen LogP contribution < -0.4 is 18.9 Å². The summed E-state index contributed by atoms with van der Waals surface area (Å²) in [6.45, 7) is 3.50. The number of benzene rings is 6. The molecule has 1 atom stereocenters. The minimum absolute atomic E-state index is 0.0501. The summed E-state index contributed by atoms with van der Waals surface area (Å²) in [6, 6.07) is 41.7. The molecule has 0 heterocycles. The fourth-order valence-corrected chi connectivity index (χ4v) is 5.77. The van der Waals surface area contributed by atoms with Gasteiger partial charge in [0.1, 0.15) is 23.0 Å². The smallest absolute Gasteiger partial charge is 0.343 e. The van der Waals surface area contributed by atoms with E-state index in [4.69, 9.17) is 18.9 Å². The van der Waals surface area contributed by atoms with Crippen molar-refractivity contribution in [3.8, 4) is 23.0 Å². The third-order valence-electron chi connectivity index (χ3n) is 8.82. The van der Waals surface area contributed by atoms with Crippen LogP contribution in [0, 0.1) is 0 Å². The van der Waals surface area contributed by atoms with Gasteiger partial charge in [0.25, 0.3) is 0 Å². The summed E-state index contributed by atoms with van der Waals surface area (Å²) >= 11 is 0. The molecule has 1 unspecified atom stereocenters. The Morgan fingerprint density at radius 1 is 0.491 bits per heavy atom. The molecular weight excluding hydrogens is 668 g/mol. The Bertz CT molecular complexity index is 2250. The van der Waals surface area contributed by atoms with Crippen LogP contribution in [0.3, 0.4) is 0 Å². The van der Waals surface area contributed by atoms with Gasteiger partial charge >= 0.3 is 17.9 Å². The molecule has 6 rings (SSSR count). The molecular formula is C45H36O8. The maximum Gasteiger partial charge on any atom is 0.343 e. The highest BCUT2D eigenvalue weighted by Crippen LogP contribution is 2.33. The average Bonchev–Trinajstić information content (AvgIpc) is 3.19. The van der Waals surface area contributed by atoms with Crippen LogP contribution in [0.5, 0.6) is 23.0 Å². The van der Waals surface area contributed by atoms with Gasteiger partial charge in [0, 0.05) is 23.5 Å².